The summed E-state index contributed by atoms with van der Waals surface area (Å²) in [5.74, 6) is -4.03. The van der Waals surface area contributed by atoms with Crippen molar-refractivity contribution >= 4 is 46.0 Å². The molecule has 1 saturated carbocycles. The van der Waals surface area contributed by atoms with Gasteiger partial charge in [-0.3, -0.25) is 23.5 Å². The summed E-state index contributed by atoms with van der Waals surface area (Å²) in [5, 5.41) is 4.89. The second kappa shape index (κ2) is 9.11. The second-order valence-corrected chi connectivity index (χ2v) is 10.9. The van der Waals surface area contributed by atoms with Crippen LogP contribution < -0.4 is 21.5 Å². The van der Waals surface area contributed by atoms with Crippen LogP contribution in [0.2, 0.25) is 0 Å². The Labute approximate surface area is 228 Å². The maximum Gasteiger partial charge on any atom is 0.332 e. The highest BCUT2D eigenvalue weighted by Gasteiger charge is 2.72. The fourth-order valence-corrected chi connectivity index (χ4v) is 5.76. The number of anilines is 2. The second-order valence-electron chi connectivity index (χ2n) is 10.0. The van der Waals surface area contributed by atoms with E-state index in [1.165, 1.54) is 36.2 Å². The molecule has 1 N–H and O–H groups in total. The van der Waals surface area contributed by atoms with Crippen molar-refractivity contribution in [2.24, 2.45) is 18.9 Å². The number of halogens is 2. The Morgan fingerprint density at radius 1 is 1.18 bits per heavy atom. The summed E-state index contributed by atoms with van der Waals surface area (Å²) in [5.41, 5.74) is -0.690. The summed E-state index contributed by atoms with van der Waals surface area (Å²) in [6.07, 6.45) is 4.42. The molecule has 208 valence electrons. The summed E-state index contributed by atoms with van der Waals surface area (Å²) < 4.78 is 30.2. The number of aromatic nitrogens is 7. The Bertz CT molecular complexity index is 1780. The van der Waals surface area contributed by atoms with Gasteiger partial charge in [-0.15, -0.1) is 11.3 Å². The zero-order chi connectivity index (χ0) is 28.5. The lowest BCUT2D eigenvalue weighted by Crippen LogP contribution is -2.41. The van der Waals surface area contributed by atoms with E-state index in [0.29, 0.717) is 16.5 Å². The van der Waals surface area contributed by atoms with Gasteiger partial charge in [0.25, 0.3) is 11.5 Å². The van der Waals surface area contributed by atoms with Gasteiger partial charge in [0, 0.05) is 43.5 Å². The van der Waals surface area contributed by atoms with Crippen LogP contribution in [-0.2, 0) is 23.2 Å². The lowest BCUT2D eigenvalue weighted by Gasteiger charge is -2.19. The van der Waals surface area contributed by atoms with Crippen molar-refractivity contribution in [3.05, 3.63) is 44.9 Å². The third-order valence-electron chi connectivity index (χ3n) is 7.36. The first-order valence-corrected chi connectivity index (χ1v) is 13.2. The molecule has 6 rings (SSSR count). The molecule has 40 heavy (non-hydrogen) atoms. The Hall–Kier alpha value is -4.34. The molecule has 5 heterocycles. The quantitative estimate of drug-likeness (QED) is 0.346. The van der Waals surface area contributed by atoms with E-state index in [2.05, 4.69) is 25.3 Å². The van der Waals surface area contributed by atoms with Gasteiger partial charge in [0.1, 0.15) is 22.7 Å². The molecular formula is C24H23F2N9O4S. The molecule has 0 bridgehead atoms. The van der Waals surface area contributed by atoms with Crippen LogP contribution in [-0.4, -0.2) is 64.3 Å². The molecule has 2 aliphatic rings. The predicted molar refractivity (Wildman–Crippen MR) is 141 cm³/mol. The van der Waals surface area contributed by atoms with Crippen LogP contribution in [0.3, 0.4) is 0 Å². The van der Waals surface area contributed by atoms with Gasteiger partial charge in [0.2, 0.25) is 11.9 Å². The van der Waals surface area contributed by atoms with Crippen LogP contribution in [0.5, 0.6) is 0 Å². The molecule has 13 nitrogen and oxygen atoms in total. The molecule has 1 aliphatic heterocycles. The number of imidazole rings is 1. The van der Waals surface area contributed by atoms with Crippen LogP contribution in [0, 0.1) is 11.8 Å². The Balaban J connectivity index is 1.18. The maximum atomic E-state index is 13.5. The van der Waals surface area contributed by atoms with Gasteiger partial charge in [-0.05, 0) is 13.8 Å². The summed E-state index contributed by atoms with van der Waals surface area (Å²) in [7, 11) is 1.43. The van der Waals surface area contributed by atoms with Crippen molar-refractivity contribution < 1.29 is 18.4 Å². The number of rotatable bonds is 7. The zero-order valence-corrected chi connectivity index (χ0v) is 22.4. The van der Waals surface area contributed by atoms with E-state index in [1.807, 2.05) is 0 Å². The van der Waals surface area contributed by atoms with Crippen molar-refractivity contribution in [3.8, 4) is 10.6 Å². The van der Waals surface area contributed by atoms with Crippen LogP contribution >= 0.6 is 11.3 Å². The highest BCUT2D eigenvalue weighted by atomic mass is 32.1. The third-order valence-corrected chi connectivity index (χ3v) is 8.25. The van der Waals surface area contributed by atoms with Gasteiger partial charge in [0.05, 0.1) is 24.7 Å². The number of alkyl halides is 2. The highest BCUT2D eigenvalue weighted by Crippen LogP contribution is 2.59. The molecule has 16 heteroatoms. The number of hydrogen-bond donors (Lipinski definition) is 1. The standard InChI is InChI=1S/C24H23F2N9O4S/c1-11(36)6-34-21(38)17-18(32(3)23(34)39)29-10-35(17)12(2)19(37)30-16-9-40-20(31-16)13-4-27-22(28-5-13)33-7-14-15(8-33)24(14,25)26/h4-5,9-10,12,14-15H,6-8H2,1-3H3,(H,30,37)/t12-,14?,15?/m0/s1. The molecule has 2 fully saturated rings. The molecule has 0 radical (unpaired) electrons. The fourth-order valence-electron chi connectivity index (χ4n) is 5.03. The number of carbonyl (C=O) groups excluding carboxylic acids is 2. The molecule has 1 aliphatic carbocycles. The normalized spacial score (nSPS) is 20.0. The minimum Gasteiger partial charge on any atom is -0.340 e. The lowest BCUT2D eigenvalue weighted by molar-refractivity contribution is -0.119. The summed E-state index contributed by atoms with van der Waals surface area (Å²) in [6.45, 7) is 2.90. The molecule has 1 saturated heterocycles. The molecule has 0 aromatic carbocycles. The van der Waals surface area contributed by atoms with Crippen LogP contribution in [0.4, 0.5) is 20.5 Å². The number of hydrogen-bond acceptors (Lipinski definition) is 10. The molecular weight excluding hydrogens is 548 g/mol. The van der Waals surface area contributed by atoms with Crippen molar-refractivity contribution in [2.75, 3.05) is 23.3 Å². The summed E-state index contributed by atoms with van der Waals surface area (Å²) >= 11 is 1.25. The number of Topliss-reactive ketones (excluding diaryl/α,β-unsaturated/α-hetero) is 1. The Morgan fingerprint density at radius 2 is 1.85 bits per heavy atom. The first kappa shape index (κ1) is 25.9. The third kappa shape index (κ3) is 4.09. The van der Waals surface area contributed by atoms with Gasteiger partial charge in [-0.25, -0.2) is 33.5 Å². The topological polar surface area (TPSA) is 150 Å². The zero-order valence-electron chi connectivity index (χ0n) is 21.5. The average Bonchev–Trinajstić information content (AvgIpc) is 3.51. The molecule has 0 spiro atoms. The SMILES string of the molecule is CC(=O)Cn1c(=O)c2c(ncn2[C@@H](C)C(=O)Nc2csc(-c3cnc(N4CC5C(C4)C5(F)F)nc3)n2)n(C)c1=O. The number of piperidine rings is 1. The monoisotopic (exact) mass is 571 g/mol. The summed E-state index contributed by atoms with van der Waals surface area (Å²) in [4.78, 5) is 69.2. The number of ketones is 1. The van der Waals surface area contributed by atoms with Crippen molar-refractivity contribution in [1.82, 2.24) is 33.6 Å². The number of aryl methyl sites for hydroxylation is 1. The van der Waals surface area contributed by atoms with Gasteiger partial charge in [-0.2, -0.15) is 0 Å². The van der Waals surface area contributed by atoms with E-state index in [4.69, 9.17) is 0 Å². The maximum absolute atomic E-state index is 13.5. The molecule has 3 atom stereocenters. The number of thiazole rings is 1. The van der Waals surface area contributed by atoms with Crippen molar-refractivity contribution in [1.29, 1.82) is 0 Å². The van der Waals surface area contributed by atoms with Crippen LogP contribution in [0.1, 0.15) is 19.9 Å². The number of nitrogens with zero attached hydrogens (tertiary/aromatic N) is 8. The minimum absolute atomic E-state index is 0.0150. The Morgan fingerprint density at radius 3 is 2.50 bits per heavy atom. The number of carbonyl (C=O) groups is 2. The van der Waals surface area contributed by atoms with Crippen LogP contribution in [0.15, 0.2) is 33.7 Å². The van der Waals surface area contributed by atoms with Gasteiger partial charge < -0.3 is 14.8 Å². The fraction of sp³-hybridized carbons (Fsp3) is 0.417. The number of amides is 1. The van der Waals surface area contributed by atoms with Crippen LogP contribution in [0.25, 0.3) is 21.7 Å². The highest BCUT2D eigenvalue weighted by molar-refractivity contribution is 7.13. The van der Waals surface area contributed by atoms with E-state index >= 15 is 0 Å². The number of fused-ring (bicyclic) bond motifs is 2. The first-order valence-electron chi connectivity index (χ1n) is 12.3. The molecule has 2 unspecified atom stereocenters. The largest absolute Gasteiger partial charge is 0.340 e. The lowest BCUT2D eigenvalue weighted by atomic mass is 10.3. The smallest absolute Gasteiger partial charge is 0.332 e. The van der Waals surface area contributed by atoms with Gasteiger partial charge >= 0.3 is 5.69 Å². The summed E-state index contributed by atoms with van der Waals surface area (Å²) in [6, 6.07) is -0.909. The average molecular weight is 572 g/mol. The van der Waals surface area contributed by atoms with E-state index < -0.39 is 47.5 Å². The van der Waals surface area contributed by atoms with Gasteiger partial charge in [-0.1, -0.05) is 0 Å². The minimum atomic E-state index is -2.58. The van der Waals surface area contributed by atoms with E-state index in [-0.39, 0.29) is 35.9 Å². The predicted octanol–water partition coefficient (Wildman–Crippen LogP) is 1.30. The van der Waals surface area contributed by atoms with Crippen molar-refractivity contribution in [3.63, 3.8) is 0 Å². The number of nitrogens with one attached hydrogen (secondary N) is 1. The van der Waals surface area contributed by atoms with Gasteiger partial charge in [0.15, 0.2) is 11.2 Å². The Kier molecular flexibility index (Phi) is 5.90. The molecule has 4 aromatic heterocycles. The van der Waals surface area contributed by atoms with E-state index in [1.54, 1.807) is 29.6 Å². The van der Waals surface area contributed by atoms with E-state index in [9.17, 15) is 28.0 Å². The molecule has 1 amide bonds. The van der Waals surface area contributed by atoms with Crippen molar-refractivity contribution in [2.45, 2.75) is 32.4 Å². The first-order chi connectivity index (χ1) is 19.0. The van der Waals surface area contributed by atoms with E-state index in [0.717, 1.165) is 9.13 Å². The molecule has 4 aromatic rings.